The van der Waals surface area contributed by atoms with Gasteiger partial charge in [-0.2, -0.15) is 0 Å². The van der Waals surface area contributed by atoms with Crippen molar-refractivity contribution in [3.05, 3.63) is 54.3 Å². The van der Waals surface area contributed by atoms with Crippen molar-refractivity contribution >= 4 is 0 Å². The fraction of sp³-hybridized carbons (Fsp3) is 0.333. The molecule has 0 N–H and O–H groups in total. The number of halogens is 1. The van der Waals surface area contributed by atoms with Crippen LogP contribution >= 0.6 is 0 Å². The Labute approximate surface area is 120 Å². The van der Waals surface area contributed by atoms with Gasteiger partial charge in [0, 0.05) is 0 Å². The molecular formula is C18H20FO. The van der Waals surface area contributed by atoms with E-state index in [0.717, 1.165) is 24.0 Å². The van der Waals surface area contributed by atoms with Gasteiger partial charge < -0.3 is 4.74 Å². The summed E-state index contributed by atoms with van der Waals surface area (Å²) >= 11 is 0. The molecule has 0 heterocycles. The van der Waals surface area contributed by atoms with E-state index in [0.29, 0.717) is 12.4 Å². The van der Waals surface area contributed by atoms with Crippen LogP contribution in [0.15, 0.2) is 42.5 Å². The van der Waals surface area contributed by atoms with Crippen molar-refractivity contribution < 1.29 is 9.13 Å². The van der Waals surface area contributed by atoms with Crippen LogP contribution in [0.5, 0.6) is 5.75 Å². The molecule has 2 heteroatoms. The average molecular weight is 271 g/mol. The molecule has 0 aliphatic heterocycles. The Morgan fingerprint density at radius 1 is 1.00 bits per heavy atom. The molecule has 20 heavy (non-hydrogen) atoms. The first-order valence-electron chi connectivity index (χ1n) is 7.20. The fourth-order valence-electron chi connectivity index (χ4n) is 2.09. The molecule has 0 aliphatic carbocycles. The van der Waals surface area contributed by atoms with E-state index in [1.54, 1.807) is 6.07 Å². The van der Waals surface area contributed by atoms with Crippen LogP contribution in [0.2, 0.25) is 0 Å². The Morgan fingerprint density at radius 3 is 2.50 bits per heavy atom. The van der Waals surface area contributed by atoms with Crippen LogP contribution in [-0.2, 0) is 0 Å². The van der Waals surface area contributed by atoms with Gasteiger partial charge in [-0.25, -0.2) is 4.39 Å². The quantitative estimate of drug-likeness (QED) is 0.625. The van der Waals surface area contributed by atoms with Crippen LogP contribution in [0.4, 0.5) is 4.39 Å². The summed E-state index contributed by atoms with van der Waals surface area (Å²) in [6.45, 7) is 2.75. The van der Waals surface area contributed by atoms with Crippen LogP contribution in [-0.4, -0.2) is 6.61 Å². The lowest BCUT2D eigenvalue weighted by atomic mass is 10.1. The van der Waals surface area contributed by atoms with Gasteiger partial charge in [-0.15, -0.1) is 0 Å². The minimum Gasteiger partial charge on any atom is -0.491 e. The number of hydrogen-bond donors (Lipinski definition) is 0. The molecule has 2 aromatic rings. The van der Waals surface area contributed by atoms with E-state index in [-0.39, 0.29) is 5.82 Å². The number of unbranched alkanes of at least 4 members (excludes halogenated alkanes) is 3. The van der Waals surface area contributed by atoms with E-state index in [1.165, 1.54) is 18.9 Å². The SMILES string of the molecule is CCCCCCOc1ccc(-c2cc[c]cc2)cc1F. The summed E-state index contributed by atoms with van der Waals surface area (Å²) in [7, 11) is 0. The zero-order valence-corrected chi connectivity index (χ0v) is 11.9. The van der Waals surface area contributed by atoms with Gasteiger partial charge in [-0.1, -0.05) is 56.5 Å². The molecule has 0 aliphatic rings. The molecule has 0 spiro atoms. The number of rotatable bonds is 7. The summed E-state index contributed by atoms with van der Waals surface area (Å²) < 4.78 is 19.5. The average Bonchev–Trinajstić information content (AvgIpc) is 2.49. The molecule has 1 nitrogen and oxygen atoms in total. The number of benzene rings is 2. The Balaban J connectivity index is 1.96. The third-order valence-electron chi connectivity index (χ3n) is 3.24. The fourth-order valence-corrected chi connectivity index (χ4v) is 2.09. The topological polar surface area (TPSA) is 9.23 Å². The van der Waals surface area contributed by atoms with Gasteiger partial charge in [-0.05, 0) is 35.7 Å². The molecule has 0 bridgehead atoms. The molecule has 0 unspecified atom stereocenters. The molecule has 0 amide bonds. The van der Waals surface area contributed by atoms with Crippen molar-refractivity contribution in [1.82, 2.24) is 0 Å². The Hall–Kier alpha value is -1.83. The van der Waals surface area contributed by atoms with Crippen molar-refractivity contribution in [1.29, 1.82) is 0 Å². The van der Waals surface area contributed by atoms with Gasteiger partial charge >= 0.3 is 0 Å². The highest BCUT2D eigenvalue weighted by Gasteiger charge is 2.06. The van der Waals surface area contributed by atoms with E-state index in [9.17, 15) is 4.39 Å². The third-order valence-corrected chi connectivity index (χ3v) is 3.24. The second-order valence-corrected chi connectivity index (χ2v) is 4.84. The Kier molecular flexibility index (Phi) is 5.60. The largest absolute Gasteiger partial charge is 0.491 e. The number of hydrogen-bond acceptors (Lipinski definition) is 1. The van der Waals surface area contributed by atoms with E-state index in [2.05, 4.69) is 13.0 Å². The molecule has 0 aromatic heterocycles. The lowest BCUT2D eigenvalue weighted by Crippen LogP contribution is -1.99. The maximum atomic E-state index is 14.0. The maximum absolute atomic E-state index is 14.0. The second kappa shape index (κ2) is 7.68. The van der Waals surface area contributed by atoms with E-state index in [4.69, 9.17) is 4.74 Å². The second-order valence-electron chi connectivity index (χ2n) is 4.84. The van der Waals surface area contributed by atoms with Crippen molar-refractivity contribution in [2.75, 3.05) is 6.61 Å². The monoisotopic (exact) mass is 271 g/mol. The highest BCUT2D eigenvalue weighted by Crippen LogP contribution is 2.25. The van der Waals surface area contributed by atoms with Crippen molar-refractivity contribution in [3.8, 4) is 16.9 Å². The molecule has 1 radical (unpaired) electrons. The van der Waals surface area contributed by atoms with E-state index in [1.807, 2.05) is 30.3 Å². The molecule has 2 rings (SSSR count). The van der Waals surface area contributed by atoms with Crippen LogP contribution in [0.25, 0.3) is 11.1 Å². The highest BCUT2D eigenvalue weighted by molar-refractivity contribution is 5.64. The standard InChI is InChI=1S/C18H20FO/c1-2-3-4-8-13-20-18-12-11-16(14-17(18)19)15-9-6-5-7-10-15/h6-7,9-12,14H,2-4,8,13H2,1H3. The van der Waals surface area contributed by atoms with Gasteiger partial charge in [0.2, 0.25) is 0 Å². The zero-order chi connectivity index (χ0) is 14.2. The molecular weight excluding hydrogens is 251 g/mol. The Morgan fingerprint density at radius 2 is 1.80 bits per heavy atom. The van der Waals surface area contributed by atoms with Gasteiger partial charge in [0.25, 0.3) is 0 Å². The first-order chi connectivity index (χ1) is 9.81. The summed E-state index contributed by atoms with van der Waals surface area (Å²) in [6.07, 6.45) is 4.51. The first kappa shape index (κ1) is 14.6. The summed E-state index contributed by atoms with van der Waals surface area (Å²) in [5, 5.41) is 0. The summed E-state index contributed by atoms with van der Waals surface area (Å²) in [6, 6.07) is 15.6. The third kappa shape index (κ3) is 4.09. The molecule has 2 aromatic carbocycles. The summed E-state index contributed by atoms with van der Waals surface area (Å²) in [5.41, 5.74) is 1.84. The lowest BCUT2D eigenvalue weighted by Gasteiger charge is -2.09. The van der Waals surface area contributed by atoms with E-state index >= 15 is 0 Å². The molecule has 0 atom stereocenters. The summed E-state index contributed by atoms with van der Waals surface area (Å²) in [4.78, 5) is 0. The van der Waals surface area contributed by atoms with Gasteiger partial charge in [-0.3, -0.25) is 0 Å². The van der Waals surface area contributed by atoms with Gasteiger partial charge in [0.15, 0.2) is 11.6 Å². The predicted octanol–water partition coefficient (Wildman–Crippen LogP) is 5.25. The van der Waals surface area contributed by atoms with Crippen LogP contribution in [0.1, 0.15) is 32.6 Å². The first-order valence-corrected chi connectivity index (χ1v) is 7.20. The normalized spacial score (nSPS) is 10.5. The van der Waals surface area contributed by atoms with E-state index < -0.39 is 0 Å². The molecule has 0 saturated heterocycles. The van der Waals surface area contributed by atoms with Crippen LogP contribution in [0.3, 0.4) is 0 Å². The minimum atomic E-state index is -0.300. The zero-order valence-electron chi connectivity index (χ0n) is 11.9. The molecule has 105 valence electrons. The van der Waals surface area contributed by atoms with Gasteiger partial charge in [0.05, 0.1) is 6.61 Å². The maximum Gasteiger partial charge on any atom is 0.165 e. The predicted molar refractivity (Wildman–Crippen MR) is 80.3 cm³/mol. The van der Waals surface area contributed by atoms with Crippen molar-refractivity contribution in [2.24, 2.45) is 0 Å². The highest BCUT2D eigenvalue weighted by atomic mass is 19.1. The van der Waals surface area contributed by atoms with Crippen LogP contribution in [0, 0.1) is 11.9 Å². The number of ether oxygens (including phenoxy) is 1. The molecule has 0 fully saturated rings. The smallest absolute Gasteiger partial charge is 0.165 e. The lowest BCUT2D eigenvalue weighted by molar-refractivity contribution is 0.290. The minimum absolute atomic E-state index is 0.300. The van der Waals surface area contributed by atoms with Crippen molar-refractivity contribution in [3.63, 3.8) is 0 Å². The summed E-state index contributed by atoms with van der Waals surface area (Å²) in [5.74, 6) is 0.0403. The molecule has 0 saturated carbocycles. The van der Waals surface area contributed by atoms with Crippen LogP contribution < -0.4 is 4.74 Å². The van der Waals surface area contributed by atoms with Gasteiger partial charge in [0.1, 0.15) is 0 Å². The Bertz CT molecular complexity index is 522. The van der Waals surface area contributed by atoms with Crippen molar-refractivity contribution in [2.45, 2.75) is 32.6 Å².